The van der Waals surface area contributed by atoms with Crippen LogP contribution < -0.4 is 5.32 Å². The van der Waals surface area contributed by atoms with Crippen molar-refractivity contribution < 1.29 is 61.6 Å². The van der Waals surface area contributed by atoms with E-state index < -0.39 is 0 Å². The Morgan fingerprint density at radius 2 is 0.915 bits per heavy atom. The Morgan fingerprint density at radius 3 is 1.28 bits per heavy atom. The second kappa shape index (κ2) is 56.7. The van der Waals surface area contributed by atoms with Crippen molar-refractivity contribution in [1.29, 1.82) is 0 Å². The fraction of sp³-hybridized carbons (Fsp3) is 0.984. The molecule has 7 atom stereocenters. The normalized spacial score (nSPS) is 17.2. The lowest BCUT2D eigenvalue weighted by Crippen LogP contribution is -2.42. The molecule has 1 fully saturated rings. The van der Waals surface area contributed by atoms with Crippen molar-refractivity contribution >= 4 is 37.3 Å². The van der Waals surface area contributed by atoms with E-state index in [1.165, 1.54) is 6.42 Å². The minimum Gasteiger partial charge on any atom is -0.382 e. The summed E-state index contributed by atoms with van der Waals surface area (Å²) in [5.74, 6) is 0.494. The van der Waals surface area contributed by atoms with Crippen LogP contribution in [0.4, 0.5) is 0 Å². The van der Waals surface area contributed by atoms with Gasteiger partial charge in [0, 0.05) is 12.6 Å². The molecule has 1 N–H and O–H groups in total. The van der Waals surface area contributed by atoms with Crippen molar-refractivity contribution in [3.05, 3.63) is 0 Å². The van der Waals surface area contributed by atoms with Gasteiger partial charge in [-0.3, -0.25) is 4.79 Å². The fourth-order valence-electron chi connectivity index (χ4n) is 7.61. The first-order chi connectivity index (χ1) is 38.0. The van der Waals surface area contributed by atoms with Crippen molar-refractivity contribution in [2.24, 2.45) is 11.3 Å². The van der Waals surface area contributed by atoms with Gasteiger partial charge in [0.05, 0.1) is 155 Å². The van der Waals surface area contributed by atoms with Crippen molar-refractivity contribution in [2.45, 2.75) is 354 Å². The Labute approximate surface area is 513 Å². The van der Waals surface area contributed by atoms with Crippen LogP contribution in [0.1, 0.15) is 225 Å². The lowest BCUT2D eigenvalue weighted by molar-refractivity contribution is -0.121. The summed E-state index contributed by atoms with van der Waals surface area (Å²) in [6.45, 7) is 59.8. The monoisotopic (exact) mass is 1170 g/mol. The number of carbonyl (C=O) groups is 1. The topological polar surface area (TPSA) is 140 Å². The Bertz CT molecular complexity index is 1340. The molecule has 484 valence electrons. The van der Waals surface area contributed by atoms with Gasteiger partial charge in [-0.25, -0.2) is 0 Å². The maximum absolute atomic E-state index is 11.2. The highest BCUT2D eigenvalue weighted by molar-refractivity contribution is 6.19. The molecule has 1 aliphatic rings. The SMILES string of the molecule is CCCC(CCOC(C)C)OC(C)C.CCCC(COC(C)C)OC(C)C.[B]CC(=O)NC(COC(C)C)COC(C)C.[B]CC(C)(COC(C)C)CC(C)C.[B]CC(COC(C)C)OC(C)C.[B][C@@H]1OCC(OC(C)C)[C@@H]1OC(C)C. The molecule has 0 aromatic carbocycles. The van der Waals surface area contributed by atoms with E-state index in [2.05, 4.69) is 109 Å². The third kappa shape index (κ3) is 65.2. The van der Waals surface area contributed by atoms with E-state index in [0.717, 1.165) is 51.9 Å². The molecule has 0 aromatic heterocycles. The van der Waals surface area contributed by atoms with Gasteiger partial charge in [0.2, 0.25) is 5.91 Å². The van der Waals surface area contributed by atoms with Gasteiger partial charge in [-0.1, -0.05) is 60.1 Å². The molecular formula is C64H133B4NO13. The molecule has 8 radical (unpaired) electrons. The summed E-state index contributed by atoms with van der Waals surface area (Å²) in [5, 5.41) is 2.76. The van der Waals surface area contributed by atoms with Gasteiger partial charge in [0.25, 0.3) is 0 Å². The minimum atomic E-state index is -0.360. The molecule has 1 saturated heterocycles. The highest BCUT2D eigenvalue weighted by Crippen LogP contribution is 2.30. The zero-order chi connectivity index (χ0) is 64.6. The average Bonchev–Trinajstić information content (AvgIpc) is 3.69. The van der Waals surface area contributed by atoms with Gasteiger partial charge >= 0.3 is 0 Å². The largest absolute Gasteiger partial charge is 0.382 e. The van der Waals surface area contributed by atoms with Crippen LogP contribution in [0.15, 0.2) is 0 Å². The number of hydrogen-bond acceptors (Lipinski definition) is 13. The van der Waals surface area contributed by atoms with E-state index >= 15 is 0 Å². The third-order valence-electron chi connectivity index (χ3n) is 11.0. The lowest BCUT2D eigenvalue weighted by Gasteiger charge is -2.31. The molecule has 1 aliphatic heterocycles. The first-order valence-corrected chi connectivity index (χ1v) is 31.8. The van der Waals surface area contributed by atoms with Crippen LogP contribution in [0.3, 0.4) is 0 Å². The zero-order valence-electron chi connectivity index (χ0n) is 58.4. The molecular weight excluding hydrogens is 1030 g/mol. The molecule has 1 rings (SSSR count). The number of hydrogen-bond donors (Lipinski definition) is 1. The molecule has 0 saturated carbocycles. The summed E-state index contributed by atoms with van der Waals surface area (Å²) in [6.07, 6.45) is 11.0. The predicted molar refractivity (Wildman–Crippen MR) is 348 cm³/mol. The number of nitrogens with one attached hydrogen (secondary N) is 1. The van der Waals surface area contributed by atoms with Crippen LogP contribution in [-0.2, 0) is 61.6 Å². The second-order valence-electron chi connectivity index (χ2n) is 25.1. The van der Waals surface area contributed by atoms with Crippen LogP contribution >= 0.6 is 0 Å². The van der Waals surface area contributed by atoms with Gasteiger partial charge in [0.15, 0.2) is 0 Å². The first-order valence-electron chi connectivity index (χ1n) is 31.8. The summed E-state index contributed by atoms with van der Waals surface area (Å²) in [6, 6.07) is -0.498. The summed E-state index contributed by atoms with van der Waals surface area (Å²) < 4.78 is 66.6. The van der Waals surface area contributed by atoms with E-state index in [9.17, 15) is 4.79 Å². The van der Waals surface area contributed by atoms with E-state index in [1.807, 2.05) is 83.1 Å². The average molecular weight is 1170 g/mol. The molecule has 0 bridgehead atoms. The summed E-state index contributed by atoms with van der Waals surface area (Å²) in [5.41, 5.74) is 0.151. The molecule has 0 aliphatic carbocycles. The van der Waals surface area contributed by atoms with Crippen molar-refractivity contribution in [1.82, 2.24) is 5.32 Å². The third-order valence-corrected chi connectivity index (χ3v) is 11.0. The molecule has 0 aromatic rings. The second-order valence-corrected chi connectivity index (χ2v) is 25.1. The summed E-state index contributed by atoms with van der Waals surface area (Å²) in [4.78, 5) is 11.2. The quantitative estimate of drug-likeness (QED) is 0.0585. The number of ether oxygens (including phenoxy) is 12. The maximum atomic E-state index is 11.2. The molecule has 0 spiro atoms. The van der Waals surface area contributed by atoms with E-state index in [0.29, 0.717) is 81.6 Å². The minimum absolute atomic E-state index is 0.0140. The highest BCUT2D eigenvalue weighted by Gasteiger charge is 2.37. The first kappa shape index (κ1) is 90.0. The Kier molecular flexibility index (Phi) is 62.3. The van der Waals surface area contributed by atoms with Gasteiger partial charge in [-0.05, 0) is 196 Å². The molecule has 14 nitrogen and oxygen atoms in total. The summed E-state index contributed by atoms with van der Waals surface area (Å²) >= 11 is 0. The molecule has 1 heterocycles. The Balaban J connectivity index is -0.000000290. The van der Waals surface area contributed by atoms with Crippen LogP contribution in [0.25, 0.3) is 0 Å². The van der Waals surface area contributed by atoms with E-state index in [-0.39, 0.29) is 90.7 Å². The van der Waals surface area contributed by atoms with Crippen LogP contribution in [0, 0.1) is 11.3 Å². The molecule has 5 unspecified atom stereocenters. The number of carbonyl (C=O) groups excluding carboxylic acids is 1. The predicted octanol–water partition coefficient (Wildman–Crippen LogP) is 13.2. The van der Waals surface area contributed by atoms with Crippen molar-refractivity contribution in [2.75, 3.05) is 46.2 Å². The fourth-order valence-corrected chi connectivity index (χ4v) is 7.61. The van der Waals surface area contributed by atoms with Gasteiger partial charge in [0.1, 0.15) is 20.1 Å². The highest BCUT2D eigenvalue weighted by atomic mass is 16.6. The van der Waals surface area contributed by atoms with Crippen LogP contribution in [0.5, 0.6) is 0 Å². The van der Waals surface area contributed by atoms with Gasteiger partial charge in [-0.2, -0.15) is 0 Å². The molecule has 18 heteroatoms. The Hall–Kier alpha value is -0.750. The van der Waals surface area contributed by atoms with Gasteiger partial charge < -0.3 is 62.2 Å². The standard InChI is InChI=1S/C12H26O2.C11H22BNO3.C11H23BO.C11H24O2.C10H19BO3.C9H19BO2/c1-6-7-12(14-11(4)5)8-9-13-10(2)3;1-8(2)15-6-10(7-16-9(3)4)13-11(14)5-12;1-9(2)6-11(5,7-12)8-13-10(3)4;1-6-7-11(13-10(4)5)8-12-9(2)3;1-6(2)13-8-5-12-10(11)9(8)14-7(3)4;1-7(2)11-6-9(5-10)12-8(3)4/h10-12H,6-9H2,1-5H3;8-10H,5-7H2,1-4H3,(H,13,14);9-10H,6-8H2,1-5H3;9-11H,6-8H2,1-5H3;6-10H,5H2,1-4H3;7-9H,5-6H2,1-4H3/t;;;;8?,9-,10+;/m....0./s1. The molecule has 1 amide bonds. The lowest BCUT2D eigenvalue weighted by atomic mass is 9.73. The van der Waals surface area contributed by atoms with Crippen LogP contribution in [0.2, 0.25) is 19.0 Å². The number of rotatable bonds is 39. The number of amides is 1. The van der Waals surface area contributed by atoms with E-state index in [4.69, 9.17) is 88.2 Å². The Morgan fingerprint density at radius 1 is 0.512 bits per heavy atom. The molecule has 82 heavy (non-hydrogen) atoms. The smallest absolute Gasteiger partial charge is 0.211 e. The zero-order valence-corrected chi connectivity index (χ0v) is 58.4. The van der Waals surface area contributed by atoms with Crippen LogP contribution in [-0.4, -0.2) is 193 Å². The van der Waals surface area contributed by atoms with Gasteiger partial charge in [-0.15, -0.1) is 0 Å². The van der Waals surface area contributed by atoms with Crippen molar-refractivity contribution in [3.8, 4) is 0 Å². The maximum Gasteiger partial charge on any atom is 0.211 e. The van der Waals surface area contributed by atoms with Crippen molar-refractivity contribution in [3.63, 3.8) is 0 Å². The van der Waals surface area contributed by atoms with E-state index in [1.54, 1.807) is 0 Å². The summed E-state index contributed by atoms with van der Waals surface area (Å²) in [7, 11) is 22.3.